The van der Waals surface area contributed by atoms with Crippen molar-refractivity contribution in [1.82, 2.24) is 9.80 Å². The zero-order chi connectivity index (χ0) is 68.6. The molecule has 1 amide bonds. The number of esters is 1. The summed E-state index contributed by atoms with van der Waals surface area (Å²) in [5.74, 6) is -3.24. The molecule has 5 N–H and O–H groups in total. The Balaban J connectivity index is 0.00000207. The molecule has 3 fully saturated rings. The molecule has 15 nitrogen and oxygen atoms in total. The predicted octanol–water partition coefficient (Wildman–Crippen LogP) is 12.6. The topological polar surface area (TPSA) is 197 Å². The van der Waals surface area contributed by atoms with Crippen LogP contribution in [0.25, 0.3) is 0 Å². The fraction of sp³-hybridized carbons (Fsp3) is 0.710. The summed E-state index contributed by atoms with van der Waals surface area (Å²) in [5.41, 5.74) is -3.37. The van der Waals surface area contributed by atoms with Gasteiger partial charge in [-0.05, 0) is 149 Å². The number of rotatable bonds is 24. The fourth-order valence-corrected chi connectivity index (χ4v) is 16.3. The number of nitrogens with zero attached hydrogens (tertiary/aromatic N) is 2. The molecule has 6 rings (SSSR count). The van der Waals surface area contributed by atoms with Gasteiger partial charge >= 0.3 is 39.0 Å². The number of benzene rings is 3. The number of likely N-dealkylation sites (N-methyl/N-ethyl adjacent to an activating group) is 1. The Kier molecular flexibility index (Phi) is 29.1. The number of amides is 1. The van der Waals surface area contributed by atoms with Crippen LogP contribution in [-0.2, 0) is 44.4 Å². The standard InChI is InChI=1S/C69H109N2O13P.F6P/c1-14-57-69(10,78)62(74)50(6)71(58(72)37-31-23-21-19-17-15-16-18-20-22-26-32-52-38-40-55(41-39-52)85(53-33-27-24-28-34-53)54-35-29-25-30-36-54)45-46(2)43-67(8,77)64(84-66-60(73)56(70(11)12)42-47(3)80-66)48(4)61(49(5)65(76)82-57)83-59-44-68(9,79-13)63(75)51(7)81-59;1-7(2,3,4,5)6/h24-25,27-30,33-36,38-41,46-51,56-57,59-64,66,73-75,77-78H,14-23,26,31-32,37,42-45H2,1-13H3;/q;-1/p+1/t46-,47-,48+,49-,50-,51+,56+,57-,59+,60-,61+,62-,63+,64-,66+,67-,68-,69-;/m1./s1. The van der Waals surface area contributed by atoms with Gasteiger partial charge in [0.1, 0.15) is 45.9 Å². The molecule has 3 aliphatic heterocycles. The maximum absolute atomic E-state index is 14.7. The average molecular weight is 1350 g/mol. The first kappa shape index (κ1) is 79.3. The van der Waals surface area contributed by atoms with Gasteiger partial charge in [0, 0.05) is 38.5 Å². The summed E-state index contributed by atoms with van der Waals surface area (Å²) < 4.78 is 97.5. The van der Waals surface area contributed by atoms with Crippen LogP contribution in [0.4, 0.5) is 25.2 Å². The van der Waals surface area contributed by atoms with E-state index in [0.29, 0.717) is 12.8 Å². The van der Waals surface area contributed by atoms with Crippen LogP contribution in [0, 0.1) is 17.8 Å². The maximum atomic E-state index is 14.7. The van der Waals surface area contributed by atoms with E-state index in [-0.39, 0.29) is 50.3 Å². The van der Waals surface area contributed by atoms with Crippen LogP contribution < -0.4 is 15.9 Å². The SMILES string of the molecule is CC[C@H]1OC(=O)[C@H](C)[C@@H](O[C@H]2C[C@@](C)(OC)[C@@H](O)[C@H](C)O2)[C@H](C)[C@@H](O[C@@H]2O[C@H](C)C[C@H](N(C)C)[C@H]2O)[C@](C)(O)C[C@@H](C)CN(C(=O)CCCCCCCCCCCCCc2ccc([PH+](c3ccccc3)c3ccccc3)cc2)[C@H](C)[C@@H](O)[C@]1(C)O.F[P-](F)(F)(F)(F)F. The number of aryl methyl sites for hydroxylation is 1. The van der Waals surface area contributed by atoms with E-state index < -0.39 is 118 Å². The second-order valence-electron chi connectivity index (χ2n) is 27.4. The van der Waals surface area contributed by atoms with Crippen LogP contribution in [0.3, 0.4) is 0 Å². The summed E-state index contributed by atoms with van der Waals surface area (Å²) in [5, 5.41) is 64.6. The van der Waals surface area contributed by atoms with Gasteiger partial charge in [-0.2, -0.15) is 0 Å². The van der Waals surface area contributed by atoms with E-state index in [1.54, 1.807) is 46.4 Å². The Labute approximate surface area is 544 Å². The van der Waals surface area contributed by atoms with Crippen molar-refractivity contribution in [2.24, 2.45) is 17.8 Å². The van der Waals surface area contributed by atoms with E-state index in [9.17, 15) is 60.3 Å². The van der Waals surface area contributed by atoms with Gasteiger partial charge in [0.25, 0.3) is 0 Å². The van der Waals surface area contributed by atoms with Gasteiger partial charge in [-0.1, -0.05) is 127 Å². The van der Waals surface area contributed by atoms with Crippen molar-refractivity contribution < 1.29 is 88.7 Å². The number of hydrogen-bond acceptors (Lipinski definition) is 14. The number of halogens is 6. The molecule has 23 heteroatoms. The Morgan fingerprint density at radius 3 is 1.71 bits per heavy atom. The molecule has 3 aromatic carbocycles. The van der Waals surface area contributed by atoms with E-state index in [0.717, 1.165) is 32.1 Å². The Morgan fingerprint density at radius 2 is 1.21 bits per heavy atom. The summed E-state index contributed by atoms with van der Waals surface area (Å²) in [6, 6.07) is 29.9. The number of hydrogen-bond donors (Lipinski definition) is 5. The van der Waals surface area contributed by atoms with Crippen LogP contribution in [0.1, 0.15) is 178 Å². The average Bonchev–Trinajstić information content (AvgIpc) is 1.04. The first-order chi connectivity index (χ1) is 42.8. The molecule has 0 aliphatic carbocycles. The number of methoxy groups -OCH3 is 1. The van der Waals surface area contributed by atoms with E-state index in [1.165, 1.54) is 74.0 Å². The fourth-order valence-electron chi connectivity index (χ4n) is 13.7. The molecule has 3 heterocycles. The van der Waals surface area contributed by atoms with Gasteiger partial charge in [0.05, 0.1) is 55.5 Å². The molecule has 92 heavy (non-hydrogen) atoms. The van der Waals surface area contributed by atoms with E-state index in [4.69, 9.17) is 28.4 Å². The number of cyclic esters (lactones) is 1. The third-order valence-corrected chi connectivity index (χ3v) is 21.7. The minimum atomic E-state index is -10.7. The molecule has 3 saturated heterocycles. The van der Waals surface area contributed by atoms with Gasteiger partial charge in [-0.15, -0.1) is 0 Å². The van der Waals surface area contributed by atoms with E-state index in [1.807, 2.05) is 39.8 Å². The Morgan fingerprint density at radius 1 is 0.707 bits per heavy atom. The summed E-state index contributed by atoms with van der Waals surface area (Å²) in [6.45, 7) is 17.5. The molecule has 0 bridgehead atoms. The number of carbonyl (C=O) groups excluding carboxylic acids is 2. The molecule has 3 aliphatic rings. The number of aliphatic hydroxyl groups excluding tert-OH is 3. The monoisotopic (exact) mass is 1350 g/mol. The molecule has 18 atom stereocenters. The van der Waals surface area contributed by atoms with Crippen molar-refractivity contribution in [2.75, 3.05) is 27.7 Å². The first-order valence-corrected chi connectivity index (χ1v) is 36.8. The van der Waals surface area contributed by atoms with Crippen LogP contribution >= 0.6 is 15.7 Å². The van der Waals surface area contributed by atoms with Crippen LogP contribution in [0.2, 0.25) is 0 Å². The quantitative estimate of drug-likeness (QED) is 0.0246. The molecule has 526 valence electrons. The zero-order valence-electron chi connectivity index (χ0n) is 56.6. The van der Waals surface area contributed by atoms with Crippen LogP contribution in [-0.4, -0.2) is 165 Å². The molecule has 0 saturated carbocycles. The number of ether oxygens (including phenoxy) is 6. The molecular weight excluding hydrogens is 1240 g/mol. The first-order valence-electron chi connectivity index (χ1n) is 33.2. The minimum absolute atomic E-state index is 0.0792. The van der Waals surface area contributed by atoms with E-state index >= 15 is 0 Å². The molecular formula is C69H110F6N2O13P2. The second kappa shape index (κ2) is 33.7. The number of aliphatic hydroxyl groups is 5. The van der Waals surface area contributed by atoms with Crippen molar-refractivity contribution in [3.63, 3.8) is 0 Å². The van der Waals surface area contributed by atoms with Crippen LogP contribution in [0.15, 0.2) is 84.9 Å². The van der Waals surface area contributed by atoms with E-state index in [2.05, 4.69) is 84.9 Å². The second-order valence-corrected chi connectivity index (χ2v) is 31.8. The summed E-state index contributed by atoms with van der Waals surface area (Å²) in [7, 11) is -6.44. The normalized spacial score (nSPS) is 33.8. The van der Waals surface area contributed by atoms with Crippen molar-refractivity contribution in [1.29, 1.82) is 0 Å². The Hall–Kier alpha value is -3.40. The van der Waals surface area contributed by atoms with Crippen molar-refractivity contribution in [2.45, 2.75) is 269 Å². The van der Waals surface area contributed by atoms with Gasteiger partial charge in [0.2, 0.25) is 5.91 Å². The summed E-state index contributed by atoms with van der Waals surface area (Å²) >= 11 is 0. The number of unbranched alkanes of at least 4 members (excludes halogenated alkanes) is 10. The molecule has 3 aromatic rings. The van der Waals surface area contributed by atoms with Crippen molar-refractivity contribution in [3.05, 3.63) is 90.5 Å². The molecule has 0 aromatic heterocycles. The van der Waals surface area contributed by atoms with Crippen molar-refractivity contribution >= 4 is 43.5 Å². The van der Waals surface area contributed by atoms with Gasteiger partial charge in [0.15, 0.2) is 12.6 Å². The molecule has 0 unspecified atom stereocenters. The summed E-state index contributed by atoms with van der Waals surface area (Å²) in [4.78, 5) is 32.8. The predicted molar refractivity (Wildman–Crippen MR) is 352 cm³/mol. The van der Waals surface area contributed by atoms with Gasteiger partial charge in [-0.3, -0.25) is 9.59 Å². The van der Waals surface area contributed by atoms with Gasteiger partial charge in [-0.25, -0.2) is 0 Å². The summed E-state index contributed by atoms with van der Waals surface area (Å²) in [6.07, 6.45) is 4.04. The Bertz CT molecular complexity index is 2640. The van der Waals surface area contributed by atoms with Crippen molar-refractivity contribution in [3.8, 4) is 0 Å². The third kappa shape index (κ3) is 24.3. The molecule has 0 spiro atoms. The zero-order valence-corrected chi connectivity index (χ0v) is 58.5. The number of carbonyl (C=O) groups is 2. The van der Waals surface area contributed by atoms with Gasteiger partial charge < -0.3 is 63.8 Å². The van der Waals surface area contributed by atoms with Crippen LogP contribution in [0.5, 0.6) is 0 Å². The molecule has 0 radical (unpaired) electrons. The third-order valence-electron chi connectivity index (χ3n) is 19.0.